The lowest BCUT2D eigenvalue weighted by molar-refractivity contribution is -0.384. The normalized spacial score (nSPS) is 19.6. The van der Waals surface area contributed by atoms with Crippen LogP contribution in [-0.4, -0.2) is 41.7 Å². The van der Waals surface area contributed by atoms with Crippen LogP contribution in [0.5, 0.6) is 0 Å². The summed E-state index contributed by atoms with van der Waals surface area (Å²) in [6, 6.07) is 5.13. The number of benzene rings is 1. The molecule has 0 spiro atoms. The molecule has 1 saturated heterocycles. The first-order valence-electron chi connectivity index (χ1n) is 6.43. The summed E-state index contributed by atoms with van der Waals surface area (Å²) < 4.78 is 0. The molecule has 1 unspecified atom stereocenters. The standard InChI is InChI=1S/C13H19N3O3/c1-14-13-11(3-2-4-12(13)16(18)19)8-15-6-5-10(7-15)9-17/h2-4,10,14,17H,5-9H2,1H3. The molecule has 1 heterocycles. The maximum absolute atomic E-state index is 11.0. The zero-order chi connectivity index (χ0) is 13.8. The predicted molar refractivity (Wildman–Crippen MR) is 73.1 cm³/mol. The van der Waals surface area contributed by atoms with Crippen LogP contribution in [0.4, 0.5) is 11.4 Å². The van der Waals surface area contributed by atoms with Gasteiger partial charge in [0.05, 0.1) is 4.92 Å². The lowest BCUT2D eigenvalue weighted by Crippen LogP contribution is -2.21. The van der Waals surface area contributed by atoms with E-state index >= 15 is 0 Å². The number of likely N-dealkylation sites (tertiary alicyclic amines) is 1. The molecule has 1 fully saturated rings. The number of aliphatic hydroxyl groups excluding tert-OH is 1. The van der Waals surface area contributed by atoms with E-state index in [2.05, 4.69) is 10.2 Å². The van der Waals surface area contributed by atoms with Crippen LogP contribution >= 0.6 is 0 Å². The van der Waals surface area contributed by atoms with E-state index in [-0.39, 0.29) is 17.2 Å². The minimum absolute atomic E-state index is 0.109. The second-order valence-electron chi connectivity index (χ2n) is 4.89. The number of hydrogen-bond donors (Lipinski definition) is 2. The minimum atomic E-state index is -0.365. The van der Waals surface area contributed by atoms with Gasteiger partial charge in [-0.3, -0.25) is 15.0 Å². The van der Waals surface area contributed by atoms with Crippen molar-refractivity contribution >= 4 is 11.4 Å². The quantitative estimate of drug-likeness (QED) is 0.622. The number of rotatable bonds is 5. The van der Waals surface area contributed by atoms with Crippen molar-refractivity contribution in [2.75, 3.05) is 32.1 Å². The molecule has 0 saturated carbocycles. The van der Waals surface area contributed by atoms with Gasteiger partial charge < -0.3 is 10.4 Å². The van der Waals surface area contributed by atoms with Gasteiger partial charge in [0.25, 0.3) is 5.69 Å². The monoisotopic (exact) mass is 265 g/mol. The lowest BCUT2D eigenvalue weighted by atomic mass is 10.1. The first-order valence-corrected chi connectivity index (χ1v) is 6.43. The average molecular weight is 265 g/mol. The summed E-state index contributed by atoms with van der Waals surface area (Å²) in [7, 11) is 1.70. The van der Waals surface area contributed by atoms with Gasteiger partial charge in [0.2, 0.25) is 0 Å². The number of anilines is 1. The Balaban J connectivity index is 2.16. The third kappa shape index (κ3) is 3.02. The largest absolute Gasteiger partial charge is 0.396 e. The van der Waals surface area contributed by atoms with Gasteiger partial charge in [-0.15, -0.1) is 0 Å². The van der Waals surface area contributed by atoms with Crippen LogP contribution in [0.2, 0.25) is 0 Å². The molecule has 0 amide bonds. The van der Waals surface area contributed by atoms with E-state index in [1.807, 2.05) is 6.07 Å². The van der Waals surface area contributed by atoms with Crippen LogP contribution in [0.15, 0.2) is 18.2 Å². The van der Waals surface area contributed by atoms with E-state index in [1.165, 1.54) is 6.07 Å². The van der Waals surface area contributed by atoms with E-state index < -0.39 is 0 Å². The van der Waals surface area contributed by atoms with Gasteiger partial charge in [-0.05, 0) is 24.4 Å². The van der Waals surface area contributed by atoms with Crippen LogP contribution in [0, 0.1) is 16.0 Å². The Hall–Kier alpha value is -1.66. The molecular weight excluding hydrogens is 246 g/mol. The number of nitro benzene ring substituents is 1. The summed E-state index contributed by atoms with van der Waals surface area (Å²) in [6.45, 7) is 2.66. The van der Waals surface area contributed by atoms with Crippen molar-refractivity contribution in [2.45, 2.75) is 13.0 Å². The third-order valence-corrected chi connectivity index (χ3v) is 3.60. The predicted octanol–water partition coefficient (Wildman–Crippen LogP) is 1.45. The molecule has 1 atom stereocenters. The molecule has 1 aliphatic rings. The number of nitrogens with zero attached hydrogens (tertiary/aromatic N) is 2. The maximum Gasteiger partial charge on any atom is 0.292 e. The fraction of sp³-hybridized carbons (Fsp3) is 0.538. The number of nitrogens with one attached hydrogen (secondary N) is 1. The Morgan fingerprint density at radius 2 is 2.37 bits per heavy atom. The van der Waals surface area contributed by atoms with E-state index in [4.69, 9.17) is 5.11 Å². The van der Waals surface area contributed by atoms with Crippen molar-refractivity contribution in [3.63, 3.8) is 0 Å². The Morgan fingerprint density at radius 3 is 2.95 bits per heavy atom. The van der Waals surface area contributed by atoms with Crippen molar-refractivity contribution in [1.82, 2.24) is 4.90 Å². The van der Waals surface area contributed by atoms with Crippen molar-refractivity contribution in [3.8, 4) is 0 Å². The minimum Gasteiger partial charge on any atom is -0.396 e. The summed E-state index contributed by atoms with van der Waals surface area (Å²) >= 11 is 0. The van der Waals surface area contributed by atoms with Gasteiger partial charge >= 0.3 is 0 Å². The topological polar surface area (TPSA) is 78.6 Å². The zero-order valence-corrected chi connectivity index (χ0v) is 11.0. The highest BCUT2D eigenvalue weighted by molar-refractivity contribution is 5.66. The highest BCUT2D eigenvalue weighted by atomic mass is 16.6. The van der Waals surface area contributed by atoms with Gasteiger partial charge in [-0.25, -0.2) is 0 Å². The van der Waals surface area contributed by atoms with Crippen molar-refractivity contribution in [3.05, 3.63) is 33.9 Å². The SMILES string of the molecule is CNc1c(CN2CCC(CO)C2)cccc1[N+](=O)[O-]. The Bertz CT molecular complexity index is 464. The summed E-state index contributed by atoms with van der Waals surface area (Å²) in [5.74, 6) is 0.330. The molecule has 0 bridgehead atoms. The van der Waals surface area contributed by atoms with E-state index in [1.54, 1.807) is 13.1 Å². The smallest absolute Gasteiger partial charge is 0.292 e. The molecule has 2 rings (SSSR count). The van der Waals surface area contributed by atoms with Gasteiger partial charge in [0.1, 0.15) is 5.69 Å². The summed E-state index contributed by atoms with van der Waals surface area (Å²) in [4.78, 5) is 12.8. The Labute approximate surface area is 112 Å². The average Bonchev–Trinajstić information content (AvgIpc) is 2.86. The van der Waals surface area contributed by atoms with Crippen LogP contribution in [0.25, 0.3) is 0 Å². The van der Waals surface area contributed by atoms with Crippen molar-refractivity contribution in [2.24, 2.45) is 5.92 Å². The molecule has 2 N–H and O–H groups in total. The molecule has 19 heavy (non-hydrogen) atoms. The number of aliphatic hydroxyl groups is 1. The van der Waals surface area contributed by atoms with Crippen molar-refractivity contribution in [1.29, 1.82) is 0 Å². The molecule has 1 aromatic carbocycles. The lowest BCUT2D eigenvalue weighted by Gasteiger charge is -2.18. The molecule has 1 aliphatic heterocycles. The molecule has 104 valence electrons. The number of nitro groups is 1. The zero-order valence-electron chi connectivity index (χ0n) is 11.0. The van der Waals surface area contributed by atoms with E-state index in [9.17, 15) is 10.1 Å². The number of para-hydroxylation sites is 1. The summed E-state index contributed by atoms with van der Waals surface area (Å²) in [6.07, 6.45) is 0.986. The number of hydrogen-bond acceptors (Lipinski definition) is 5. The second kappa shape index (κ2) is 5.99. The van der Waals surface area contributed by atoms with Crippen LogP contribution in [-0.2, 0) is 6.54 Å². The van der Waals surface area contributed by atoms with Crippen LogP contribution < -0.4 is 5.32 Å². The van der Waals surface area contributed by atoms with Gasteiger partial charge in [0, 0.05) is 32.8 Å². The van der Waals surface area contributed by atoms with Gasteiger partial charge in [-0.1, -0.05) is 12.1 Å². The summed E-state index contributed by atoms with van der Waals surface area (Å²) in [5.41, 5.74) is 1.62. The molecule has 0 aliphatic carbocycles. The maximum atomic E-state index is 11.0. The Kier molecular flexibility index (Phi) is 4.34. The molecule has 6 nitrogen and oxygen atoms in total. The van der Waals surface area contributed by atoms with E-state index in [0.717, 1.165) is 25.1 Å². The highest BCUT2D eigenvalue weighted by Gasteiger charge is 2.24. The van der Waals surface area contributed by atoms with Crippen LogP contribution in [0.1, 0.15) is 12.0 Å². The molecular formula is C13H19N3O3. The fourth-order valence-electron chi connectivity index (χ4n) is 2.61. The molecule has 6 heteroatoms. The fourth-order valence-corrected chi connectivity index (χ4v) is 2.61. The summed E-state index contributed by atoms with van der Waals surface area (Å²) in [5, 5.41) is 23.1. The van der Waals surface area contributed by atoms with Gasteiger partial charge in [-0.2, -0.15) is 0 Å². The third-order valence-electron chi connectivity index (χ3n) is 3.60. The Morgan fingerprint density at radius 1 is 1.58 bits per heavy atom. The second-order valence-corrected chi connectivity index (χ2v) is 4.89. The highest BCUT2D eigenvalue weighted by Crippen LogP contribution is 2.29. The molecule has 1 aromatic rings. The van der Waals surface area contributed by atoms with Crippen molar-refractivity contribution < 1.29 is 10.0 Å². The first kappa shape index (κ1) is 13.8. The van der Waals surface area contributed by atoms with E-state index in [0.29, 0.717) is 18.2 Å². The molecule has 0 aromatic heterocycles. The van der Waals surface area contributed by atoms with Gasteiger partial charge in [0.15, 0.2) is 0 Å². The van der Waals surface area contributed by atoms with Crippen LogP contribution in [0.3, 0.4) is 0 Å². The molecule has 0 radical (unpaired) electrons. The first-order chi connectivity index (χ1) is 9.15.